The van der Waals surface area contributed by atoms with Crippen molar-refractivity contribution in [2.24, 2.45) is 61.3 Å². The number of aliphatic imine (C=N–C) groups is 1. The largest absolute Gasteiger partial charge is 0.480 e. The monoisotopic (exact) mass is 1560 g/mol. The molecule has 4 aromatic carbocycles. The number of aliphatic hydroxyl groups is 2. The van der Waals surface area contributed by atoms with Gasteiger partial charge in [0.15, 0.2) is 5.96 Å². The van der Waals surface area contributed by atoms with E-state index in [2.05, 4.69) is 57.8 Å². The van der Waals surface area contributed by atoms with Gasteiger partial charge in [-0.1, -0.05) is 68.4 Å². The summed E-state index contributed by atoms with van der Waals surface area (Å²) in [5, 5.41) is 60.7. The molecule has 2 heterocycles. The van der Waals surface area contributed by atoms with E-state index >= 15 is 0 Å². The average Bonchev–Trinajstić information content (AvgIpc) is 1.63. The Bertz CT molecular complexity index is 3840. The van der Waals surface area contributed by atoms with Crippen molar-refractivity contribution >= 4 is 82.4 Å². The lowest BCUT2D eigenvalue weighted by Crippen LogP contribution is -2.60. The van der Waals surface area contributed by atoms with E-state index in [4.69, 9.17) is 40.1 Å². The number of nitrogens with two attached hydrogens (primary N) is 7. The molecular weight excluding hydrogens is 1440 g/mol. The number of aliphatic hydroxyl groups excluding tert-OH is 2. The van der Waals surface area contributed by atoms with Crippen molar-refractivity contribution in [1.82, 2.24) is 52.3 Å². The molecule has 0 spiro atoms. The quantitative estimate of drug-likeness (QED) is 0.0127. The number of likely N-dealkylation sites (tertiary alicyclic amines) is 2. The summed E-state index contributed by atoms with van der Waals surface area (Å²) < 4.78 is 0. The van der Waals surface area contributed by atoms with E-state index in [1.165, 1.54) is 16.7 Å². The third-order valence-corrected chi connectivity index (χ3v) is 19.5. The highest BCUT2D eigenvalue weighted by Gasteiger charge is 2.45. The van der Waals surface area contributed by atoms with E-state index in [0.717, 1.165) is 27.8 Å². The van der Waals surface area contributed by atoms with Crippen LogP contribution in [0.3, 0.4) is 0 Å². The summed E-state index contributed by atoms with van der Waals surface area (Å²) in [5.74, 6) is -8.36. The molecule has 0 bridgehead atoms. The van der Waals surface area contributed by atoms with Crippen LogP contribution >= 0.6 is 0 Å². The van der Waals surface area contributed by atoms with Crippen molar-refractivity contribution in [3.63, 3.8) is 0 Å². The van der Waals surface area contributed by atoms with Crippen LogP contribution < -0.4 is 82.7 Å². The Labute approximate surface area is 653 Å². The molecule has 2 aliphatic heterocycles. The van der Waals surface area contributed by atoms with Crippen molar-refractivity contribution in [3.05, 3.63) is 108 Å². The molecule has 34 heteroatoms. The van der Waals surface area contributed by atoms with Crippen molar-refractivity contribution in [2.75, 3.05) is 52.4 Å². The lowest BCUT2D eigenvalue weighted by Gasteiger charge is -2.34. The minimum atomic E-state index is -1.44. The molecule has 34 nitrogen and oxygen atoms in total. The van der Waals surface area contributed by atoms with Crippen molar-refractivity contribution in [1.29, 1.82) is 0 Å². The summed E-state index contributed by atoms with van der Waals surface area (Å²) in [6.07, 6.45) is 4.93. The zero-order chi connectivity index (χ0) is 81.8. The topological polar surface area (TPSA) is 570 Å². The SMILES string of the molecule is CC(C)[C@H](NC(=O)[C@H](CCCCN)NC(=O)[C@H](CCCN=C(N)N)NC(=O)[C@H](CCCCN)NC(=O)[C@H](CCCCN)NC(=O)c1ccc(-c2cccc(N=Nc3cccc(-c4cccc(CNC(=O)[C@H](CCCCN)NC(=O)[C@@H]5CCCN5C(=O)[C@@H]5CCCN5C(=O)[C@@H](NC(=O)[C@@H](N)CO)[C@@H](C)O)c4)c3)c2)cc1)C(=O)O. The molecule has 10 amide bonds. The molecule has 11 atom stereocenters. The average molecular weight is 1560 g/mol. The van der Waals surface area contributed by atoms with Crippen molar-refractivity contribution < 1.29 is 68.1 Å². The second kappa shape index (κ2) is 47.1. The first kappa shape index (κ1) is 90.5. The molecule has 0 saturated carbocycles. The second-order valence-electron chi connectivity index (χ2n) is 28.6. The number of unbranched alkanes of at least 4 members (excludes halogenated alkanes) is 4. The van der Waals surface area contributed by atoms with Gasteiger partial charge in [0.2, 0.25) is 53.2 Å². The number of rotatable bonds is 47. The van der Waals surface area contributed by atoms with E-state index in [0.29, 0.717) is 102 Å². The lowest BCUT2D eigenvalue weighted by molar-refractivity contribution is -0.149. The lowest BCUT2D eigenvalue weighted by atomic mass is 10.0. The Balaban J connectivity index is 1.09. The van der Waals surface area contributed by atoms with E-state index in [9.17, 15) is 68.1 Å². The van der Waals surface area contributed by atoms with Gasteiger partial charge in [0, 0.05) is 31.7 Å². The number of hydrogen-bond donors (Lipinski definition) is 18. The molecule has 6 rings (SSSR count). The van der Waals surface area contributed by atoms with Gasteiger partial charge in [0.1, 0.15) is 60.4 Å². The van der Waals surface area contributed by atoms with Gasteiger partial charge in [-0.2, -0.15) is 10.2 Å². The molecule has 112 heavy (non-hydrogen) atoms. The van der Waals surface area contributed by atoms with Crippen LogP contribution in [-0.2, 0) is 54.5 Å². The number of nitrogens with zero attached hydrogens (tertiary/aromatic N) is 5. The first-order chi connectivity index (χ1) is 53.7. The number of carbonyl (C=O) groups excluding carboxylic acids is 10. The van der Waals surface area contributed by atoms with Gasteiger partial charge in [0.05, 0.1) is 24.1 Å². The van der Waals surface area contributed by atoms with Crippen LogP contribution in [-0.4, -0.2) is 215 Å². The van der Waals surface area contributed by atoms with Gasteiger partial charge in [-0.05, 0) is 225 Å². The van der Waals surface area contributed by atoms with Gasteiger partial charge in [-0.15, -0.1) is 0 Å². The molecule has 612 valence electrons. The normalized spacial score (nSPS) is 16.5. The van der Waals surface area contributed by atoms with E-state index < -0.39 is 144 Å². The van der Waals surface area contributed by atoms with Crippen LogP contribution in [0.1, 0.15) is 152 Å². The van der Waals surface area contributed by atoms with Crippen LogP contribution in [0.4, 0.5) is 11.4 Å². The third-order valence-electron chi connectivity index (χ3n) is 19.5. The Morgan fingerprint density at radius 3 is 1.43 bits per heavy atom. The number of nitrogens with one attached hydrogen (secondary N) is 8. The van der Waals surface area contributed by atoms with Gasteiger partial charge in [0.25, 0.3) is 5.91 Å². The fourth-order valence-corrected chi connectivity index (χ4v) is 13.2. The Morgan fingerprint density at radius 1 is 0.500 bits per heavy atom. The minimum absolute atomic E-state index is 0.0118. The number of guanidine groups is 1. The molecule has 0 aliphatic carbocycles. The molecule has 0 unspecified atom stereocenters. The van der Waals surface area contributed by atoms with Gasteiger partial charge < -0.3 is 108 Å². The number of carboxylic acid groups (broad SMARTS) is 1. The zero-order valence-electron chi connectivity index (χ0n) is 64.4. The maximum Gasteiger partial charge on any atom is 0.326 e. The first-order valence-electron chi connectivity index (χ1n) is 38.7. The highest BCUT2D eigenvalue weighted by atomic mass is 16.4. The van der Waals surface area contributed by atoms with Crippen LogP contribution in [0, 0.1) is 5.92 Å². The van der Waals surface area contributed by atoms with Crippen LogP contribution in [0.5, 0.6) is 0 Å². The van der Waals surface area contributed by atoms with E-state index in [1.807, 2.05) is 60.7 Å². The van der Waals surface area contributed by atoms with E-state index in [-0.39, 0.29) is 89.2 Å². The minimum Gasteiger partial charge on any atom is -0.480 e. The number of amides is 10. The van der Waals surface area contributed by atoms with Gasteiger partial charge >= 0.3 is 5.97 Å². The number of azo groups is 1. The van der Waals surface area contributed by atoms with Crippen molar-refractivity contribution in [3.8, 4) is 22.3 Å². The Kier molecular flexibility index (Phi) is 38.1. The van der Waals surface area contributed by atoms with Crippen molar-refractivity contribution in [2.45, 2.75) is 209 Å². The number of carboxylic acids is 1. The number of hydrogen-bond acceptors (Lipinski definition) is 21. The summed E-state index contributed by atoms with van der Waals surface area (Å²) >= 11 is 0. The van der Waals surface area contributed by atoms with Crippen LogP contribution in [0.25, 0.3) is 22.3 Å². The fourth-order valence-electron chi connectivity index (χ4n) is 13.2. The molecule has 4 aromatic rings. The second-order valence-corrected chi connectivity index (χ2v) is 28.6. The predicted octanol–water partition coefficient (Wildman–Crippen LogP) is 1.05. The summed E-state index contributed by atoms with van der Waals surface area (Å²) in [4.78, 5) is 158. The first-order valence-corrected chi connectivity index (χ1v) is 38.7. The smallest absolute Gasteiger partial charge is 0.326 e. The maximum absolute atomic E-state index is 14.4. The summed E-state index contributed by atoms with van der Waals surface area (Å²) in [5.41, 5.74) is 45.2. The molecular formula is C78H116N20O14. The number of benzene rings is 4. The van der Waals surface area contributed by atoms with Crippen LogP contribution in [0.15, 0.2) is 112 Å². The Hall–Kier alpha value is -10.4. The summed E-state index contributed by atoms with van der Waals surface area (Å²) in [7, 11) is 0. The zero-order valence-corrected chi connectivity index (χ0v) is 64.4. The summed E-state index contributed by atoms with van der Waals surface area (Å²) in [6.45, 7) is 5.76. The number of aliphatic carboxylic acids is 1. The van der Waals surface area contributed by atoms with Gasteiger partial charge in [-0.3, -0.25) is 52.9 Å². The molecule has 25 N–H and O–H groups in total. The predicted molar refractivity (Wildman–Crippen MR) is 423 cm³/mol. The molecule has 2 saturated heterocycles. The fraction of sp³-hybridized carbons (Fsp3) is 0.538. The number of carbonyl (C=O) groups is 11. The molecule has 2 fully saturated rings. The molecule has 0 aromatic heterocycles. The van der Waals surface area contributed by atoms with Crippen LogP contribution in [0.2, 0.25) is 0 Å². The highest BCUT2D eigenvalue weighted by molar-refractivity contribution is 6.00. The Morgan fingerprint density at radius 2 is 0.946 bits per heavy atom. The standard InChI is InChI=1S/C78H116N20O14/c1-47(2)65(77(111)112)93-73(107)61(27-7-11-38-82)90-72(106)62(28-15-39-86-78(84)85)91-71(105)60(26-6-10-37-81)89-70(104)59(25-5-9-36-80)88-67(101)51-33-31-50(32-34-51)53-20-13-22-55(43-53)95-96-56-23-14-21-54(44-56)52-19-12-18-49(42-52)45-87-69(103)58(24-4-8-35-79)92-74(108)63-29-16-40-97(63)75(109)64-30-17-41-98(64)76(110)66(48(3)100)94-68(102)57(83)46-99/h12-14,18-23,31-34,42-44,47-48,57-66,99-100H,4-11,15-17,24-30,35-41,45-46,79-83H2,1-3H3,(H,87,103)(H,88,101)(H,89,104)(H,90,106)(H,91,105)(H,92,108)(H,93,107)(H,94,102)(H,111,112)(H4,84,85,86)/t48-,57+,58+,59+,60+,61+,62+,63+,64+,65+,66+/m1/s1. The summed E-state index contributed by atoms with van der Waals surface area (Å²) in [6, 6.07) is 17.3. The van der Waals surface area contributed by atoms with E-state index in [1.54, 1.807) is 50.2 Å². The van der Waals surface area contributed by atoms with Gasteiger partial charge in [-0.25, -0.2) is 4.79 Å². The third kappa shape index (κ3) is 28.4. The maximum atomic E-state index is 14.4. The highest BCUT2D eigenvalue weighted by Crippen LogP contribution is 2.31. The molecule has 0 radical (unpaired) electrons. The molecule has 2 aliphatic rings.